The van der Waals surface area contributed by atoms with E-state index >= 15 is 0 Å². The third-order valence-electron chi connectivity index (χ3n) is 7.36. The van der Waals surface area contributed by atoms with Crippen molar-refractivity contribution in [1.82, 2.24) is 9.80 Å². The van der Waals surface area contributed by atoms with Crippen LogP contribution in [0.3, 0.4) is 0 Å². The second kappa shape index (κ2) is 6.00. The highest BCUT2D eigenvalue weighted by molar-refractivity contribution is 5.76. The molecule has 4 heterocycles. The van der Waals surface area contributed by atoms with Crippen molar-refractivity contribution in [1.29, 1.82) is 0 Å². The maximum Gasteiger partial charge on any atom is 0.123 e. The molecule has 1 atom stereocenters. The fraction of sp³-hybridized carbons (Fsp3) is 0.500. The summed E-state index contributed by atoms with van der Waals surface area (Å²) in [5.74, 6) is 1.12. The normalized spacial score (nSPS) is 28.7. The van der Waals surface area contributed by atoms with Crippen LogP contribution in [0.4, 0.5) is 0 Å². The number of allylic oxidation sites excluding steroid dienone is 2. The van der Waals surface area contributed by atoms with E-state index in [9.17, 15) is 0 Å². The van der Waals surface area contributed by atoms with Crippen LogP contribution in [-0.2, 0) is 6.42 Å². The van der Waals surface area contributed by atoms with E-state index in [0.717, 1.165) is 24.6 Å². The monoisotopic (exact) mass is 360 g/mol. The SMILES string of the molecule is C1=CN2C=C(c3ccc4c(c3)CC3(CCN(C5CCC5)CC3)O4)C=CC2C1. The van der Waals surface area contributed by atoms with Crippen molar-refractivity contribution in [2.45, 2.75) is 62.6 Å². The van der Waals surface area contributed by atoms with Gasteiger partial charge in [-0.2, -0.15) is 0 Å². The molecule has 1 saturated carbocycles. The van der Waals surface area contributed by atoms with Gasteiger partial charge in [-0.25, -0.2) is 0 Å². The zero-order chi connectivity index (χ0) is 17.8. The molecule has 1 saturated heterocycles. The predicted octanol–water partition coefficient (Wildman–Crippen LogP) is 4.51. The molecule has 6 rings (SSSR count). The van der Waals surface area contributed by atoms with E-state index in [0.29, 0.717) is 6.04 Å². The van der Waals surface area contributed by atoms with Crippen molar-refractivity contribution in [3.8, 4) is 5.75 Å². The van der Waals surface area contributed by atoms with Gasteiger partial charge in [-0.15, -0.1) is 0 Å². The van der Waals surface area contributed by atoms with Gasteiger partial charge >= 0.3 is 0 Å². The Morgan fingerprint density at radius 1 is 1.11 bits per heavy atom. The fourth-order valence-corrected chi connectivity index (χ4v) is 5.40. The first-order chi connectivity index (χ1) is 13.3. The molecule has 0 aromatic heterocycles. The van der Waals surface area contributed by atoms with Gasteiger partial charge in [0.15, 0.2) is 0 Å². The minimum absolute atomic E-state index is 0.0563. The zero-order valence-corrected chi connectivity index (χ0v) is 15.9. The molecule has 0 amide bonds. The molecule has 1 spiro atoms. The van der Waals surface area contributed by atoms with E-state index in [1.54, 1.807) is 0 Å². The summed E-state index contributed by atoms with van der Waals surface area (Å²) < 4.78 is 6.54. The average Bonchev–Trinajstić information content (AvgIpc) is 3.25. The number of ether oxygens (including phenoxy) is 1. The van der Waals surface area contributed by atoms with E-state index in [1.807, 2.05) is 0 Å². The minimum Gasteiger partial charge on any atom is -0.487 e. The number of hydrogen-bond donors (Lipinski definition) is 0. The quantitative estimate of drug-likeness (QED) is 0.772. The largest absolute Gasteiger partial charge is 0.487 e. The summed E-state index contributed by atoms with van der Waals surface area (Å²) in [5, 5.41) is 0. The number of fused-ring (bicyclic) bond motifs is 2. The number of nitrogens with zero attached hydrogens (tertiary/aromatic N) is 2. The van der Waals surface area contributed by atoms with Crippen LogP contribution in [0, 0.1) is 0 Å². The van der Waals surface area contributed by atoms with Crippen molar-refractivity contribution in [3.05, 3.63) is 60.0 Å². The standard InChI is InChI=1S/C24H28N2O/c1-3-21(4-1)25-13-10-24(11-14-25)16-20-15-18(7-9-23(20)27-24)19-6-8-22-5-2-12-26(22)17-19/h2,6-9,12,15,17,21-22H,1,3-5,10-11,13-14,16H2. The van der Waals surface area contributed by atoms with Crippen LogP contribution in [0.5, 0.6) is 5.75 Å². The van der Waals surface area contributed by atoms with Gasteiger partial charge in [0.2, 0.25) is 0 Å². The van der Waals surface area contributed by atoms with Crippen LogP contribution in [0.25, 0.3) is 5.57 Å². The lowest BCUT2D eigenvalue weighted by Crippen LogP contribution is -2.52. The van der Waals surface area contributed by atoms with Crippen LogP contribution in [0.15, 0.2) is 48.8 Å². The van der Waals surface area contributed by atoms with Crippen LogP contribution >= 0.6 is 0 Å². The average molecular weight is 361 g/mol. The Labute approximate surface area is 162 Å². The lowest BCUT2D eigenvalue weighted by molar-refractivity contribution is -0.00746. The Hall–Kier alpha value is -2.00. The molecule has 140 valence electrons. The first kappa shape index (κ1) is 16.0. The molecule has 1 aromatic rings. The number of likely N-dealkylation sites (tertiary alicyclic amines) is 1. The molecule has 0 bridgehead atoms. The highest BCUT2D eigenvalue weighted by Gasteiger charge is 2.43. The molecule has 5 aliphatic rings. The second-order valence-corrected chi connectivity index (χ2v) is 8.98. The third-order valence-corrected chi connectivity index (χ3v) is 7.36. The lowest BCUT2D eigenvalue weighted by Gasteiger charge is -2.45. The maximum atomic E-state index is 6.54. The Balaban J connectivity index is 1.19. The molecule has 3 heteroatoms. The van der Waals surface area contributed by atoms with Gasteiger partial charge in [0.05, 0.1) is 6.04 Å². The predicted molar refractivity (Wildman–Crippen MR) is 108 cm³/mol. The third kappa shape index (κ3) is 2.67. The van der Waals surface area contributed by atoms with Crippen LogP contribution < -0.4 is 4.74 Å². The summed E-state index contributed by atoms with van der Waals surface area (Å²) in [4.78, 5) is 5.04. The van der Waals surface area contributed by atoms with Crippen LogP contribution in [0.2, 0.25) is 0 Å². The van der Waals surface area contributed by atoms with Gasteiger partial charge in [-0.1, -0.05) is 30.7 Å². The molecular formula is C24H28N2O. The molecule has 1 aliphatic carbocycles. The summed E-state index contributed by atoms with van der Waals surface area (Å²) in [6.07, 6.45) is 20.2. The Morgan fingerprint density at radius 3 is 2.81 bits per heavy atom. The van der Waals surface area contributed by atoms with Crippen molar-refractivity contribution in [3.63, 3.8) is 0 Å². The minimum atomic E-state index is 0.0563. The smallest absolute Gasteiger partial charge is 0.123 e. The highest BCUT2D eigenvalue weighted by atomic mass is 16.5. The topological polar surface area (TPSA) is 15.7 Å². The van der Waals surface area contributed by atoms with Crippen molar-refractivity contribution >= 4 is 5.57 Å². The van der Waals surface area contributed by atoms with Gasteiger partial charge < -0.3 is 14.5 Å². The van der Waals surface area contributed by atoms with Gasteiger partial charge in [-0.05, 0) is 48.1 Å². The maximum absolute atomic E-state index is 6.54. The first-order valence-corrected chi connectivity index (χ1v) is 10.7. The number of rotatable bonds is 2. The summed E-state index contributed by atoms with van der Waals surface area (Å²) in [5.41, 5.74) is 4.08. The number of piperidine rings is 1. The van der Waals surface area contributed by atoms with E-state index < -0.39 is 0 Å². The van der Waals surface area contributed by atoms with E-state index in [-0.39, 0.29) is 5.60 Å². The lowest BCUT2D eigenvalue weighted by atomic mass is 9.83. The molecule has 27 heavy (non-hydrogen) atoms. The molecule has 2 fully saturated rings. The summed E-state index contributed by atoms with van der Waals surface area (Å²) >= 11 is 0. The van der Waals surface area contributed by atoms with Crippen LogP contribution in [0.1, 0.15) is 49.7 Å². The first-order valence-electron chi connectivity index (χ1n) is 10.7. The van der Waals surface area contributed by atoms with Gasteiger partial charge in [0, 0.05) is 50.8 Å². The van der Waals surface area contributed by atoms with Crippen LogP contribution in [-0.4, -0.2) is 40.6 Å². The molecule has 1 aromatic carbocycles. The van der Waals surface area contributed by atoms with Gasteiger partial charge in [0.25, 0.3) is 0 Å². The van der Waals surface area contributed by atoms with Gasteiger partial charge in [0.1, 0.15) is 11.4 Å². The van der Waals surface area contributed by atoms with E-state index in [4.69, 9.17) is 4.74 Å². The molecule has 4 aliphatic heterocycles. The van der Waals surface area contributed by atoms with Gasteiger partial charge in [-0.3, -0.25) is 0 Å². The second-order valence-electron chi connectivity index (χ2n) is 8.98. The zero-order valence-electron chi connectivity index (χ0n) is 15.9. The number of benzene rings is 1. The fourth-order valence-electron chi connectivity index (χ4n) is 5.40. The summed E-state index contributed by atoms with van der Waals surface area (Å²) in [6.45, 7) is 2.42. The summed E-state index contributed by atoms with van der Waals surface area (Å²) in [6, 6.07) is 8.20. The molecular weight excluding hydrogens is 332 g/mol. The van der Waals surface area contributed by atoms with Crippen molar-refractivity contribution in [2.75, 3.05) is 13.1 Å². The van der Waals surface area contributed by atoms with Crippen molar-refractivity contribution < 1.29 is 4.74 Å². The van der Waals surface area contributed by atoms with Crippen molar-refractivity contribution in [2.24, 2.45) is 0 Å². The number of hydrogen-bond acceptors (Lipinski definition) is 3. The molecule has 3 nitrogen and oxygen atoms in total. The highest BCUT2D eigenvalue weighted by Crippen LogP contribution is 2.43. The molecule has 1 unspecified atom stereocenters. The molecule has 0 radical (unpaired) electrons. The summed E-state index contributed by atoms with van der Waals surface area (Å²) in [7, 11) is 0. The van der Waals surface area contributed by atoms with E-state index in [2.05, 4.69) is 58.6 Å². The van der Waals surface area contributed by atoms with E-state index in [1.165, 1.54) is 61.9 Å². The Morgan fingerprint density at radius 2 is 2.00 bits per heavy atom. The molecule has 0 N–H and O–H groups in total. The Bertz CT molecular complexity index is 840. The Kier molecular flexibility index (Phi) is 3.56.